The Morgan fingerprint density at radius 1 is 0.364 bits per heavy atom. The molecular weight excluding hydrogens is 1390 g/mol. The molecule has 0 saturated carbocycles. The molecule has 0 radical (unpaired) electrons. The molecule has 0 bridgehead atoms. The number of fused-ring (bicyclic) bond motifs is 9. The van der Waals surface area contributed by atoms with Crippen LogP contribution in [0.1, 0.15) is 276 Å². The zero-order valence-corrected chi connectivity index (χ0v) is 63.2. The van der Waals surface area contributed by atoms with Gasteiger partial charge in [0.05, 0.1) is 48.7 Å². The first-order valence-corrected chi connectivity index (χ1v) is 36.4. The number of ether oxygens (including phenoxy) is 1. The van der Waals surface area contributed by atoms with Crippen LogP contribution in [-0.2, 0) is 42.6 Å². The molecule has 0 aromatic heterocycles. The number of hydrogen-bond acceptors (Lipinski definition) is 8. The molecule has 534 valence electrons. The molecule has 1 heterocycles. The first-order chi connectivity index (χ1) is 46.0. The molecule has 8 nitrogen and oxygen atoms in total. The number of aliphatic hydroxyl groups is 5. The molecule has 0 amide bonds. The highest BCUT2D eigenvalue weighted by Gasteiger charge is 2.50. The molecule has 9 atom stereocenters. The minimum atomic E-state index is -0.589. The van der Waals surface area contributed by atoms with Gasteiger partial charge in [0, 0.05) is 8.95 Å². The summed E-state index contributed by atoms with van der Waals surface area (Å²) in [6.45, 7) is 30.1. The van der Waals surface area contributed by atoms with Gasteiger partial charge in [0.15, 0.2) is 0 Å². The summed E-state index contributed by atoms with van der Waals surface area (Å²) < 4.78 is 72.8. The number of epoxide rings is 1. The lowest BCUT2D eigenvalue weighted by molar-refractivity contribution is 0.0990. The third kappa shape index (κ3) is 18.0. The van der Waals surface area contributed by atoms with Crippen molar-refractivity contribution in [3.05, 3.63) is 249 Å². The molecule has 1 aliphatic heterocycles. The maximum Gasteiger partial charge on any atom is 0.123 e. The van der Waals surface area contributed by atoms with E-state index in [1.165, 1.54) is 52.6 Å². The van der Waals surface area contributed by atoms with E-state index in [1.54, 1.807) is 48.5 Å². The molecule has 1 saturated heterocycles. The van der Waals surface area contributed by atoms with E-state index in [0.717, 1.165) is 122 Å². The van der Waals surface area contributed by atoms with Crippen LogP contribution >= 0.6 is 31.9 Å². The zero-order chi connectivity index (χ0) is 72.9. The monoisotopic (exact) mass is 1490 g/mol. The molecular formula is C84H103Br2F5N2O6. The standard InChI is InChI=1S/C12H16BrNO.C12H15BrO.C12H16FNO.C12H13FO.2C12H15FO.C12H13F/c1-12(2)6-10(15)11(14)8-5-7(13)3-4-9(8)12;1-12(2)6-5-11(14)9-7-8(13)3-4-10(9)12;1-12(2)6-10(15)11(14)8-5-7(13)3-4-9(8)12;1-12(2)6-10-11(14-10)8-5-7(13)3-4-9(8)12;1-12(2)6-5-11(14)9-7-8(13)3-4-10(9)12;1-12(2)6-5-11(14)9-4-3-8(13)7-10(9)12;1-12(2)7-3-4-9-8-10(13)5-6-11(9)12/h3-5,10-11,15H,6,14H2,1-2H3;3-4,7,11,14H,5-6H2,1-2H3;3-5,10-11,15H,6,14H2,1-2H3;3-5,10-11H,6H2,1-2H3;2*3-4,7,11,14H,5-6H2,1-2H3;3-6,8H,7H2,1-2H3/t10-,11?;;10-,11?;;;;/m1.1..../s1. The maximum atomic E-state index is 13.1. The van der Waals surface area contributed by atoms with Gasteiger partial charge >= 0.3 is 0 Å². The summed E-state index contributed by atoms with van der Waals surface area (Å²) in [7, 11) is 0. The van der Waals surface area contributed by atoms with Crippen LogP contribution in [0.25, 0.3) is 6.08 Å². The summed E-state index contributed by atoms with van der Waals surface area (Å²) in [6, 6.07) is 35.8. The van der Waals surface area contributed by atoms with Gasteiger partial charge in [0.25, 0.3) is 0 Å². The summed E-state index contributed by atoms with van der Waals surface area (Å²) in [4.78, 5) is 0. The van der Waals surface area contributed by atoms with Crippen molar-refractivity contribution in [1.29, 1.82) is 0 Å². The fourth-order valence-corrected chi connectivity index (χ4v) is 16.6. The molecule has 99 heavy (non-hydrogen) atoms. The molecule has 15 heteroatoms. The summed E-state index contributed by atoms with van der Waals surface area (Å²) in [5, 5.41) is 49.1. The second-order valence-electron chi connectivity index (χ2n) is 33.0. The van der Waals surface area contributed by atoms with Crippen LogP contribution in [0.5, 0.6) is 0 Å². The van der Waals surface area contributed by atoms with Crippen molar-refractivity contribution < 1.29 is 52.2 Å². The van der Waals surface area contributed by atoms with Gasteiger partial charge in [-0.25, -0.2) is 22.0 Å². The van der Waals surface area contributed by atoms with Crippen LogP contribution < -0.4 is 11.5 Å². The van der Waals surface area contributed by atoms with E-state index >= 15 is 0 Å². The van der Waals surface area contributed by atoms with Gasteiger partial charge in [-0.15, -0.1) is 0 Å². The SMILES string of the molecule is CC1(C)CC2OC2c2cc(F)ccc21.CC1(C)CC=Cc2cc(F)ccc21.CC1(C)CCC(O)c2cc(Br)ccc21.CC1(C)CCC(O)c2cc(F)ccc21.CC1(C)CCC(O)c2ccc(F)cc21.CC1(C)C[C@@H](O)C(N)c2cc(Br)ccc21.CC1(C)C[C@@H](O)C(N)c2cc(F)ccc21. The summed E-state index contributed by atoms with van der Waals surface area (Å²) >= 11 is 6.88. The predicted molar refractivity (Wildman–Crippen MR) is 395 cm³/mol. The van der Waals surface area contributed by atoms with Crippen molar-refractivity contribution in [3.8, 4) is 0 Å². The topological polar surface area (TPSA) is 166 Å². The van der Waals surface area contributed by atoms with Crippen molar-refractivity contribution in [1.82, 2.24) is 0 Å². The first-order valence-electron chi connectivity index (χ1n) is 34.9. The number of nitrogens with two attached hydrogens (primary N) is 2. The van der Waals surface area contributed by atoms with Crippen LogP contribution in [0.15, 0.2) is 142 Å². The lowest BCUT2D eigenvalue weighted by Crippen LogP contribution is -2.39. The summed E-state index contributed by atoms with van der Waals surface area (Å²) in [5.41, 5.74) is 27.0. The number of benzene rings is 7. The molecule has 7 aromatic carbocycles. The molecule has 9 N–H and O–H groups in total. The van der Waals surface area contributed by atoms with Crippen LogP contribution in [-0.4, -0.2) is 43.8 Å². The second kappa shape index (κ2) is 30.1. The Balaban J connectivity index is 0.000000135. The molecule has 1 fully saturated rings. The zero-order valence-electron chi connectivity index (χ0n) is 60.0. The lowest BCUT2D eigenvalue weighted by Gasteiger charge is -2.39. The van der Waals surface area contributed by atoms with Gasteiger partial charge in [-0.2, -0.15) is 0 Å². The van der Waals surface area contributed by atoms with Crippen LogP contribution in [0.3, 0.4) is 0 Å². The normalized spacial score (nSPS) is 26.0. The van der Waals surface area contributed by atoms with Crippen LogP contribution in [0, 0.1) is 29.1 Å². The lowest BCUT2D eigenvalue weighted by atomic mass is 9.70. The van der Waals surface area contributed by atoms with Crippen LogP contribution in [0.2, 0.25) is 0 Å². The molecule has 7 unspecified atom stereocenters. The van der Waals surface area contributed by atoms with E-state index < -0.39 is 30.5 Å². The minimum absolute atomic E-state index is 0.00528. The Kier molecular flexibility index (Phi) is 23.6. The molecule has 8 aliphatic rings. The molecule has 7 aromatic rings. The van der Waals surface area contributed by atoms with Gasteiger partial charge < -0.3 is 41.7 Å². The number of rotatable bonds is 0. The van der Waals surface area contributed by atoms with Crippen LogP contribution in [0.4, 0.5) is 22.0 Å². The Morgan fingerprint density at radius 3 is 1.20 bits per heavy atom. The van der Waals surface area contributed by atoms with Gasteiger partial charge in [0.2, 0.25) is 0 Å². The van der Waals surface area contributed by atoms with Gasteiger partial charge in [-0.1, -0.05) is 183 Å². The van der Waals surface area contributed by atoms with E-state index in [2.05, 4.69) is 139 Å². The number of allylic oxidation sites excluding steroid dienone is 1. The summed E-state index contributed by atoms with van der Waals surface area (Å²) in [6.07, 6.45) is 11.1. The number of halogens is 7. The molecule has 15 rings (SSSR count). The Bertz CT molecular complexity index is 3860. The maximum absolute atomic E-state index is 13.1. The number of aliphatic hydroxyl groups excluding tert-OH is 5. The smallest absolute Gasteiger partial charge is 0.123 e. The Labute approximate surface area is 601 Å². The van der Waals surface area contributed by atoms with Gasteiger partial charge in [-0.05, 0) is 265 Å². The minimum Gasteiger partial charge on any atom is -0.391 e. The van der Waals surface area contributed by atoms with E-state index in [1.807, 2.05) is 50.3 Å². The van der Waals surface area contributed by atoms with E-state index in [9.17, 15) is 47.5 Å². The highest BCUT2D eigenvalue weighted by atomic mass is 79.9. The first kappa shape index (κ1) is 77.7. The van der Waals surface area contributed by atoms with E-state index in [0.29, 0.717) is 12.5 Å². The molecule has 7 aliphatic carbocycles. The van der Waals surface area contributed by atoms with E-state index in [-0.39, 0.29) is 85.2 Å². The number of hydrogen-bond donors (Lipinski definition) is 7. The van der Waals surface area contributed by atoms with Gasteiger partial charge in [-0.3, -0.25) is 0 Å². The average molecular weight is 1490 g/mol. The largest absolute Gasteiger partial charge is 0.391 e. The average Bonchev–Trinajstić information content (AvgIpc) is 1.62. The predicted octanol–water partition coefficient (Wildman–Crippen LogP) is 20.2. The van der Waals surface area contributed by atoms with E-state index in [4.69, 9.17) is 16.2 Å². The molecule has 0 spiro atoms. The third-order valence-electron chi connectivity index (χ3n) is 21.9. The summed E-state index contributed by atoms with van der Waals surface area (Å²) in [5.74, 6) is -1.09. The fourth-order valence-electron chi connectivity index (χ4n) is 15.9. The highest BCUT2D eigenvalue weighted by molar-refractivity contribution is 9.10. The van der Waals surface area contributed by atoms with Crippen molar-refractivity contribution >= 4 is 37.9 Å². The Hall–Kier alpha value is -5.43. The highest BCUT2D eigenvalue weighted by Crippen LogP contribution is 2.54. The Morgan fingerprint density at radius 2 is 0.707 bits per heavy atom. The van der Waals surface area contributed by atoms with Crippen molar-refractivity contribution in [2.24, 2.45) is 11.5 Å². The quantitative estimate of drug-likeness (QED) is 0.0582. The van der Waals surface area contributed by atoms with Crippen molar-refractivity contribution in [2.45, 2.75) is 254 Å². The van der Waals surface area contributed by atoms with Gasteiger partial charge in [0.1, 0.15) is 35.2 Å². The second-order valence-corrected chi connectivity index (χ2v) is 34.8. The van der Waals surface area contributed by atoms with Crippen molar-refractivity contribution in [3.63, 3.8) is 0 Å². The fraction of sp³-hybridized carbons (Fsp3) is 0.476. The third-order valence-corrected chi connectivity index (χ3v) is 22.9. The van der Waals surface area contributed by atoms with Crippen molar-refractivity contribution in [2.75, 3.05) is 0 Å².